The van der Waals surface area contributed by atoms with Crippen LogP contribution in [0.5, 0.6) is 0 Å². The first-order valence-corrected chi connectivity index (χ1v) is 4.69. The highest BCUT2D eigenvalue weighted by Gasteiger charge is 2.26. The SMILES string of the molecule is CNC(c1ccncc1)C1CNC1. The van der Waals surface area contributed by atoms with Gasteiger partial charge in [0.2, 0.25) is 0 Å². The molecule has 1 aromatic rings. The zero-order valence-corrected chi connectivity index (χ0v) is 7.83. The van der Waals surface area contributed by atoms with Gasteiger partial charge in [-0.1, -0.05) is 0 Å². The molecule has 1 aliphatic rings. The van der Waals surface area contributed by atoms with E-state index in [0.717, 1.165) is 19.0 Å². The Kier molecular flexibility index (Phi) is 2.57. The van der Waals surface area contributed by atoms with Crippen molar-refractivity contribution >= 4 is 0 Å². The Morgan fingerprint density at radius 2 is 2.15 bits per heavy atom. The van der Waals surface area contributed by atoms with Crippen molar-refractivity contribution in [1.29, 1.82) is 0 Å². The van der Waals surface area contributed by atoms with Crippen molar-refractivity contribution < 1.29 is 0 Å². The van der Waals surface area contributed by atoms with Crippen LogP contribution in [0.25, 0.3) is 0 Å². The van der Waals surface area contributed by atoms with Crippen LogP contribution in [0.4, 0.5) is 0 Å². The first kappa shape index (κ1) is 8.66. The van der Waals surface area contributed by atoms with E-state index in [0.29, 0.717) is 6.04 Å². The Balaban J connectivity index is 2.12. The van der Waals surface area contributed by atoms with E-state index < -0.39 is 0 Å². The number of pyridine rings is 1. The van der Waals surface area contributed by atoms with Gasteiger partial charge >= 0.3 is 0 Å². The smallest absolute Gasteiger partial charge is 0.0371 e. The van der Waals surface area contributed by atoms with E-state index in [1.807, 2.05) is 19.4 Å². The summed E-state index contributed by atoms with van der Waals surface area (Å²) in [4.78, 5) is 4.02. The lowest BCUT2D eigenvalue weighted by Crippen LogP contribution is -2.48. The van der Waals surface area contributed by atoms with Crippen LogP contribution in [0.1, 0.15) is 11.6 Å². The fraction of sp³-hybridized carbons (Fsp3) is 0.500. The first-order valence-electron chi connectivity index (χ1n) is 4.69. The Bertz CT molecular complexity index is 256. The third-order valence-corrected chi connectivity index (χ3v) is 2.66. The Labute approximate surface area is 78.6 Å². The molecule has 1 aliphatic heterocycles. The van der Waals surface area contributed by atoms with Gasteiger partial charge in [-0.05, 0) is 24.7 Å². The highest BCUT2D eigenvalue weighted by Crippen LogP contribution is 2.23. The summed E-state index contributed by atoms with van der Waals surface area (Å²) in [7, 11) is 2.02. The highest BCUT2D eigenvalue weighted by atomic mass is 15.0. The normalized spacial score (nSPS) is 19.5. The fourth-order valence-electron chi connectivity index (χ4n) is 1.79. The van der Waals surface area contributed by atoms with E-state index in [1.54, 1.807) is 0 Å². The molecule has 2 N–H and O–H groups in total. The van der Waals surface area contributed by atoms with Gasteiger partial charge in [0.15, 0.2) is 0 Å². The van der Waals surface area contributed by atoms with E-state index in [1.165, 1.54) is 5.56 Å². The van der Waals surface area contributed by atoms with Crippen molar-refractivity contribution in [2.24, 2.45) is 5.92 Å². The summed E-state index contributed by atoms with van der Waals surface area (Å²) < 4.78 is 0. The third-order valence-electron chi connectivity index (χ3n) is 2.66. The predicted molar refractivity (Wildman–Crippen MR) is 52.4 cm³/mol. The summed E-state index contributed by atoms with van der Waals surface area (Å²) in [5.74, 6) is 0.729. The van der Waals surface area contributed by atoms with Crippen LogP contribution in [0.15, 0.2) is 24.5 Å². The maximum atomic E-state index is 4.02. The minimum Gasteiger partial charge on any atom is -0.316 e. The molecule has 3 heteroatoms. The molecular formula is C10H15N3. The van der Waals surface area contributed by atoms with Crippen LogP contribution in [-0.2, 0) is 0 Å². The third kappa shape index (κ3) is 1.71. The maximum absolute atomic E-state index is 4.02. The average Bonchev–Trinajstić information content (AvgIpc) is 2.12. The lowest BCUT2D eigenvalue weighted by molar-refractivity contribution is 0.268. The van der Waals surface area contributed by atoms with Crippen LogP contribution >= 0.6 is 0 Å². The number of hydrogen-bond acceptors (Lipinski definition) is 3. The molecule has 0 radical (unpaired) electrons. The maximum Gasteiger partial charge on any atom is 0.0371 e. The van der Waals surface area contributed by atoms with Crippen molar-refractivity contribution in [2.75, 3.05) is 20.1 Å². The number of nitrogens with one attached hydrogen (secondary N) is 2. The Morgan fingerprint density at radius 3 is 2.62 bits per heavy atom. The van der Waals surface area contributed by atoms with Crippen LogP contribution in [0.2, 0.25) is 0 Å². The van der Waals surface area contributed by atoms with E-state index >= 15 is 0 Å². The fourth-order valence-corrected chi connectivity index (χ4v) is 1.79. The van der Waals surface area contributed by atoms with Gasteiger partial charge in [-0.2, -0.15) is 0 Å². The Morgan fingerprint density at radius 1 is 1.46 bits per heavy atom. The summed E-state index contributed by atoms with van der Waals surface area (Å²) in [5.41, 5.74) is 1.34. The van der Waals surface area contributed by atoms with Crippen LogP contribution in [0.3, 0.4) is 0 Å². The molecule has 3 nitrogen and oxygen atoms in total. The predicted octanol–water partition coefficient (Wildman–Crippen LogP) is 0.561. The van der Waals surface area contributed by atoms with Gasteiger partial charge in [-0.25, -0.2) is 0 Å². The molecule has 0 spiro atoms. The molecule has 70 valence electrons. The number of nitrogens with zero attached hydrogens (tertiary/aromatic N) is 1. The van der Waals surface area contributed by atoms with Crippen molar-refractivity contribution in [3.63, 3.8) is 0 Å². The second-order valence-corrected chi connectivity index (χ2v) is 3.47. The van der Waals surface area contributed by atoms with Gasteiger partial charge in [0.05, 0.1) is 0 Å². The van der Waals surface area contributed by atoms with E-state index in [2.05, 4.69) is 27.8 Å². The quantitative estimate of drug-likeness (QED) is 0.708. The molecule has 2 heterocycles. The van der Waals surface area contributed by atoms with Gasteiger partial charge in [0.25, 0.3) is 0 Å². The van der Waals surface area contributed by atoms with Crippen molar-refractivity contribution in [3.05, 3.63) is 30.1 Å². The largest absolute Gasteiger partial charge is 0.316 e. The molecule has 0 amide bonds. The monoisotopic (exact) mass is 177 g/mol. The lowest BCUT2D eigenvalue weighted by atomic mass is 9.89. The molecule has 1 atom stereocenters. The van der Waals surface area contributed by atoms with Gasteiger partial charge in [-0.15, -0.1) is 0 Å². The molecule has 2 rings (SSSR count). The summed E-state index contributed by atoms with van der Waals surface area (Å²) in [6.45, 7) is 2.24. The van der Waals surface area contributed by atoms with E-state index in [4.69, 9.17) is 0 Å². The number of aromatic nitrogens is 1. The van der Waals surface area contributed by atoms with E-state index in [9.17, 15) is 0 Å². The van der Waals surface area contributed by atoms with Crippen molar-refractivity contribution in [2.45, 2.75) is 6.04 Å². The molecule has 0 saturated carbocycles. The standard InChI is InChI=1S/C10H15N3/c1-11-10(9-6-13-7-9)8-2-4-12-5-3-8/h2-5,9-11,13H,6-7H2,1H3. The Hall–Kier alpha value is -0.930. The molecule has 1 unspecified atom stereocenters. The summed E-state index contributed by atoms with van der Waals surface area (Å²) >= 11 is 0. The minimum absolute atomic E-state index is 0.476. The van der Waals surface area contributed by atoms with Gasteiger partial charge < -0.3 is 10.6 Å². The topological polar surface area (TPSA) is 37.0 Å². The van der Waals surface area contributed by atoms with Gasteiger partial charge in [-0.3, -0.25) is 4.98 Å². The first-order chi connectivity index (χ1) is 6.42. The molecule has 0 aliphatic carbocycles. The highest BCUT2D eigenvalue weighted by molar-refractivity contribution is 5.17. The van der Waals surface area contributed by atoms with Gasteiger partial charge in [0, 0.05) is 37.4 Å². The minimum atomic E-state index is 0.476. The molecule has 13 heavy (non-hydrogen) atoms. The van der Waals surface area contributed by atoms with Gasteiger partial charge in [0.1, 0.15) is 0 Å². The number of hydrogen-bond donors (Lipinski definition) is 2. The second kappa shape index (κ2) is 3.85. The molecule has 0 bridgehead atoms. The van der Waals surface area contributed by atoms with E-state index in [-0.39, 0.29) is 0 Å². The second-order valence-electron chi connectivity index (χ2n) is 3.47. The molecule has 1 aromatic heterocycles. The van der Waals surface area contributed by atoms with Crippen LogP contribution in [0, 0.1) is 5.92 Å². The van der Waals surface area contributed by atoms with Crippen molar-refractivity contribution in [1.82, 2.24) is 15.6 Å². The van der Waals surface area contributed by atoms with Crippen LogP contribution < -0.4 is 10.6 Å². The molecular weight excluding hydrogens is 162 g/mol. The summed E-state index contributed by atoms with van der Waals surface area (Å²) in [6, 6.07) is 4.64. The molecule has 1 fully saturated rings. The zero-order valence-electron chi connectivity index (χ0n) is 7.83. The summed E-state index contributed by atoms with van der Waals surface area (Å²) in [5, 5.41) is 6.64. The van der Waals surface area contributed by atoms with Crippen molar-refractivity contribution in [3.8, 4) is 0 Å². The summed E-state index contributed by atoms with van der Waals surface area (Å²) in [6.07, 6.45) is 3.71. The number of rotatable bonds is 3. The lowest BCUT2D eigenvalue weighted by Gasteiger charge is -2.34. The average molecular weight is 177 g/mol. The van der Waals surface area contributed by atoms with Crippen LogP contribution in [-0.4, -0.2) is 25.1 Å². The molecule has 1 saturated heterocycles. The zero-order chi connectivity index (χ0) is 9.10. The molecule has 0 aromatic carbocycles.